The van der Waals surface area contributed by atoms with Gasteiger partial charge in [0.2, 0.25) is 0 Å². The molecule has 0 atom stereocenters. The Morgan fingerprint density at radius 3 is 2.42 bits per heavy atom. The molecule has 1 heterocycles. The zero-order chi connectivity index (χ0) is 17.1. The average Bonchev–Trinajstić information content (AvgIpc) is 2.63. The van der Waals surface area contributed by atoms with Crippen LogP contribution in [0.3, 0.4) is 0 Å². The van der Waals surface area contributed by atoms with Crippen LogP contribution in [0.15, 0.2) is 53.5 Å². The summed E-state index contributed by atoms with van der Waals surface area (Å²) in [6, 6.07) is 13.2. The van der Waals surface area contributed by atoms with Crippen molar-refractivity contribution in [2.45, 2.75) is 13.8 Å². The van der Waals surface area contributed by atoms with Crippen LogP contribution in [0.5, 0.6) is 5.75 Å². The van der Waals surface area contributed by atoms with Gasteiger partial charge in [-0.15, -0.1) is 0 Å². The summed E-state index contributed by atoms with van der Waals surface area (Å²) in [5.41, 5.74) is 1.65. The van der Waals surface area contributed by atoms with Crippen molar-refractivity contribution in [1.29, 1.82) is 0 Å². The minimum absolute atomic E-state index is 0.119. The number of anilines is 1. The van der Waals surface area contributed by atoms with Gasteiger partial charge in [0.15, 0.2) is 0 Å². The molecule has 0 unspecified atom stereocenters. The molecule has 24 heavy (non-hydrogen) atoms. The molecule has 0 spiro atoms. The SMILES string of the molecule is CCN(CC)c1ccc2cnn(-c3ccc(OC)cc3)c(=O)c2c1. The number of fused-ring (bicyclic) bond motifs is 1. The molecule has 0 saturated carbocycles. The Morgan fingerprint density at radius 1 is 1.08 bits per heavy atom. The highest BCUT2D eigenvalue weighted by Crippen LogP contribution is 2.20. The second-order valence-corrected chi connectivity index (χ2v) is 5.50. The van der Waals surface area contributed by atoms with E-state index in [0.29, 0.717) is 5.39 Å². The van der Waals surface area contributed by atoms with Gasteiger partial charge in [0.1, 0.15) is 5.75 Å². The summed E-state index contributed by atoms with van der Waals surface area (Å²) < 4.78 is 6.58. The van der Waals surface area contributed by atoms with Gasteiger partial charge in [-0.05, 0) is 50.2 Å². The number of ether oxygens (including phenoxy) is 1. The molecule has 0 aliphatic carbocycles. The summed E-state index contributed by atoms with van der Waals surface area (Å²) in [7, 11) is 1.62. The van der Waals surface area contributed by atoms with Gasteiger partial charge in [-0.1, -0.05) is 6.07 Å². The van der Waals surface area contributed by atoms with Gasteiger partial charge in [-0.3, -0.25) is 4.79 Å². The fourth-order valence-corrected chi connectivity index (χ4v) is 2.82. The van der Waals surface area contributed by atoms with Crippen LogP contribution in [-0.4, -0.2) is 30.0 Å². The first-order chi connectivity index (χ1) is 11.7. The third-order valence-corrected chi connectivity index (χ3v) is 4.22. The second kappa shape index (κ2) is 6.74. The molecule has 5 heteroatoms. The first-order valence-electron chi connectivity index (χ1n) is 8.09. The molecular weight excluding hydrogens is 302 g/mol. The van der Waals surface area contributed by atoms with Gasteiger partial charge in [0.25, 0.3) is 5.56 Å². The quantitative estimate of drug-likeness (QED) is 0.723. The fourth-order valence-electron chi connectivity index (χ4n) is 2.82. The Balaban J connectivity index is 2.13. The van der Waals surface area contributed by atoms with Gasteiger partial charge < -0.3 is 9.64 Å². The highest BCUT2D eigenvalue weighted by atomic mass is 16.5. The minimum atomic E-state index is -0.119. The number of rotatable bonds is 5. The lowest BCUT2D eigenvalue weighted by Gasteiger charge is -2.21. The molecule has 0 saturated heterocycles. The minimum Gasteiger partial charge on any atom is -0.497 e. The summed E-state index contributed by atoms with van der Waals surface area (Å²) in [6.07, 6.45) is 1.73. The number of hydrogen-bond acceptors (Lipinski definition) is 4. The predicted molar refractivity (Wildman–Crippen MR) is 97.5 cm³/mol. The number of benzene rings is 2. The molecule has 2 aromatic carbocycles. The van der Waals surface area contributed by atoms with Crippen LogP contribution < -0.4 is 15.2 Å². The maximum Gasteiger partial charge on any atom is 0.279 e. The zero-order valence-electron chi connectivity index (χ0n) is 14.2. The largest absolute Gasteiger partial charge is 0.497 e. The Kier molecular flexibility index (Phi) is 4.51. The summed E-state index contributed by atoms with van der Waals surface area (Å²) >= 11 is 0. The summed E-state index contributed by atoms with van der Waals surface area (Å²) in [5, 5.41) is 5.82. The summed E-state index contributed by atoms with van der Waals surface area (Å²) in [4.78, 5) is 15.1. The Morgan fingerprint density at radius 2 is 1.79 bits per heavy atom. The van der Waals surface area contributed by atoms with Crippen molar-refractivity contribution in [3.63, 3.8) is 0 Å². The van der Waals surface area contributed by atoms with Gasteiger partial charge in [0.05, 0.1) is 24.4 Å². The van der Waals surface area contributed by atoms with Gasteiger partial charge in [-0.25, -0.2) is 0 Å². The maximum absolute atomic E-state index is 12.9. The van der Waals surface area contributed by atoms with Gasteiger partial charge >= 0.3 is 0 Å². The van der Waals surface area contributed by atoms with Crippen molar-refractivity contribution in [3.8, 4) is 11.4 Å². The Labute approximate surface area is 141 Å². The highest BCUT2D eigenvalue weighted by Gasteiger charge is 2.09. The van der Waals surface area contributed by atoms with Crippen LogP contribution in [0.2, 0.25) is 0 Å². The van der Waals surface area contributed by atoms with Crippen molar-refractivity contribution in [2.75, 3.05) is 25.1 Å². The van der Waals surface area contributed by atoms with Gasteiger partial charge in [0, 0.05) is 24.2 Å². The molecule has 3 aromatic rings. The highest BCUT2D eigenvalue weighted by molar-refractivity contribution is 5.84. The third kappa shape index (κ3) is 2.85. The van der Waals surface area contributed by atoms with Crippen molar-refractivity contribution in [1.82, 2.24) is 9.78 Å². The molecule has 124 valence electrons. The van der Waals surface area contributed by atoms with E-state index in [2.05, 4.69) is 23.8 Å². The van der Waals surface area contributed by atoms with E-state index < -0.39 is 0 Å². The van der Waals surface area contributed by atoms with E-state index in [1.807, 2.05) is 42.5 Å². The molecule has 0 fully saturated rings. The number of nitrogens with zero attached hydrogens (tertiary/aromatic N) is 3. The van der Waals surface area contributed by atoms with E-state index in [1.165, 1.54) is 4.68 Å². The first kappa shape index (κ1) is 16.1. The number of hydrogen-bond donors (Lipinski definition) is 0. The van der Waals surface area contributed by atoms with Crippen LogP contribution >= 0.6 is 0 Å². The molecular formula is C19H21N3O2. The van der Waals surface area contributed by atoms with Crippen molar-refractivity contribution in [3.05, 3.63) is 59.0 Å². The van der Waals surface area contributed by atoms with E-state index in [0.717, 1.165) is 35.6 Å². The van der Waals surface area contributed by atoms with Crippen LogP contribution in [0.1, 0.15) is 13.8 Å². The van der Waals surface area contributed by atoms with E-state index in [-0.39, 0.29) is 5.56 Å². The van der Waals surface area contributed by atoms with Crippen LogP contribution in [0.4, 0.5) is 5.69 Å². The van der Waals surface area contributed by atoms with Gasteiger partial charge in [-0.2, -0.15) is 9.78 Å². The Hall–Kier alpha value is -2.82. The monoisotopic (exact) mass is 323 g/mol. The first-order valence-corrected chi connectivity index (χ1v) is 8.09. The van der Waals surface area contributed by atoms with Crippen molar-refractivity contribution in [2.24, 2.45) is 0 Å². The molecule has 5 nitrogen and oxygen atoms in total. The second-order valence-electron chi connectivity index (χ2n) is 5.50. The molecule has 0 bridgehead atoms. The number of methoxy groups -OCH3 is 1. The third-order valence-electron chi connectivity index (χ3n) is 4.22. The molecule has 0 aliphatic rings. The number of aromatic nitrogens is 2. The predicted octanol–water partition coefficient (Wildman–Crippen LogP) is 3.24. The van der Waals surface area contributed by atoms with Crippen LogP contribution in [0.25, 0.3) is 16.5 Å². The Bertz CT molecular complexity index is 897. The maximum atomic E-state index is 12.9. The van der Waals surface area contributed by atoms with E-state index in [1.54, 1.807) is 13.3 Å². The lowest BCUT2D eigenvalue weighted by molar-refractivity contribution is 0.414. The van der Waals surface area contributed by atoms with Crippen molar-refractivity contribution >= 4 is 16.5 Å². The van der Waals surface area contributed by atoms with Crippen LogP contribution in [0, 0.1) is 0 Å². The molecule has 3 rings (SSSR count). The summed E-state index contributed by atoms with van der Waals surface area (Å²) in [6.45, 7) is 6.02. The fraction of sp³-hybridized carbons (Fsp3) is 0.263. The summed E-state index contributed by atoms with van der Waals surface area (Å²) in [5.74, 6) is 0.747. The van der Waals surface area contributed by atoms with E-state index in [9.17, 15) is 4.79 Å². The smallest absolute Gasteiger partial charge is 0.279 e. The normalized spacial score (nSPS) is 10.8. The zero-order valence-corrected chi connectivity index (χ0v) is 14.2. The molecule has 0 radical (unpaired) electrons. The molecule has 0 N–H and O–H groups in total. The lowest BCUT2D eigenvalue weighted by Crippen LogP contribution is -2.23. The van der Waals surface area contributed by atoms with Crippen molar-refractivity contribution < 1.29 is 4.74 Å². The van der Waals surface area contributed by atoms with Crippen LogP contribution in [-0.2, 0) is 0 Å². The lowest BCUT2D eigenvalue weighted by atomic mass is 10.1. The van der Waals surface area contributed by atoms with E-state index >= 15 is 0 Å². The average molecular weight is 323 g/mol. The molecule has 0 aliphatic heterocycles. The topological polar surface area (TPSA) is 47.4 Å². The standard InChI is InChI=1S/C19H21N3O2/c1-4-21(5-2)16-7-6-14-13-20-22(19(23)18(14)12-16)15-8-10-17(24-3)11-9-15/h6-13H,4-5H2,1-3H3. The molecule has 1 aromatic heterocycles. The molecule has 0 amide bonds. The van der Waals surface area contributed by atoms with E-state index in [4.69, 9.17) is 4.74 Å².